The maximum atomic E-state index is 5.53. The molecule has 2 heteroatoms. The molecule has 12 heavy (non-hydrogen) atoms. The third kappa shape index (κ3) is 12.3. The molecule has 0 rings (SSSR count). The minimum Gasteiger partial charge on any atom is -0.401 e. The van der Waals surface area contributed by atoms with Crippen molar-refractivity contribution in [1.82, 2.24) is 0 Å². The average Bonchev–Trinajstić information content (AvgIpc) is 1.82. The number of hydrogen-bond donors (Lipinski definition) is 2. The van der Waals surface area contributed by atoms with Crippen molar-refractivity contribution in [2.24, 2.45) is 11.1 Å². The van der Waals surface area contributed by atoms with Gasteiger partial charge in [0, 0.05) is 11.1 Å². The van der Waals surface area contributed by atoms with Crippen LogP contribution in [0.25, 0.3) is 0 Å². The van der Waals surface area contributed by atoms with Gasteiger partial charge in [-0.1, -0.05) is 26.3 Å². The summed E-state index contributed by atoms with van der Waals surface area (Å²) in [4.78, 5) is 0. The molecular formula is C10H21NS. The van der Waals surface area contributed by atoms with Crippen LogP contribution in [0.2, 0.25) is 0 Å². The zero-order valence-corrected chi connectivity index (χ0v) is 9.70. The van der Waals surface area contributed by atoms with Crippen molar-refractivity contribution in [3.8, 4) is 0 Å². The van der Waals surface area contributed by atoms with Crippen molar-refractivity contribution in [3.63, 3.8) is 0 Å². The molecule has 0 amide bonds. The van der Waals surface area contributed by atoms with E-state index in [4.69, 9.17) is 5.73 Å². The zero-order valence-electron chi connectivity index (χ0n) is 8.81. The van der Waals surface area contributed by atoms with E-state index in [2.05, 4.69) is 40.0 Å². The zero-order chi connectivity index (χ0) is 10.4. The molecule has 1 nitrogen and oxygen atoms in total. The van der Waals surface area contributed by atoms with Crippen LogP contribution in [0.4, 0.5) is 0 Å². The Bertz CT molecular complexity index is 159. The van der Waals surface area contributed by atoms with Crippen LogP contribution in [0.3, 0.4) is 0 Å². The van der Waals surface area contributed by atoms with Gasteiger partial charge in [-0.25, -0.2) is 0 Å². The molecule has 0 aliphatic carbocycles. The third-order valence-corrected chi connectivity index (χ3v) is 1.28. The standard InChI is InChI=1S/C6H13NS.C4H8/c1-6(2,3)5(7)4-8;1-4(2)3/h4,8H,7H2,1-3H3;1H2,2-3H3/b5-4-;. The summed E-state index contributed by atoms with van der Waals surface area (Å²) in [6.45, 7) is 13.7. The number of thiol groups is 1. The SMILES string of the molecule is C=C(C)C.CC(C)(C)/C(N)=C/S. The van der Waals surface area contributed by atoms with Gasteiger partial charge in [0.05, 0.1) is 0 Å². The molecule has 0 aromatic heterocycles. The average molecular weight is 187 g/mol. The van der Waals surface area contributed by atoms with Crippen molar-refractivity contribution < 1.29 is 0 Å². The molecule has 0 atom stereocenters. The minimum absolute atomic E-state index is 0.0712. The molecule has 0 saturated heterocycles. The van der Waals surface area contributed by atoms with Gasteiger partial charge in [0.25, 0.3) is 0 Å². The maximum Gasteiger partial charge on any atom is 0.0196 e. The van der Waals surface area contributed by atoms with E-state index < -0.39 is 0 Å². The van der Waals surface area contributed by atoms with E-state index in [0.717, 1.165) is 5.70 Å². The molecule has 0 unspecified atom stereocenters. The molecule has 0 heterocycles. The Hall–Kier alpha value is -0.370. The molecule has 0 spiro atoms. The summed E-state index contributed by atoms with van der Waals surface area (Å²) in [5.74, 6) is 0. The van der Waals surface area contributed by atoms with E-state index in [9.17, 15) is 0 Å². The van der Waals surface area contributed by atoms with Crippen molar-refractivity contribution >= 4 is 12.6 Å². The van der Waals surface area contributed by atoms with Gasteiger partial charge < -0.3 is 5.73 Å². The van der Waals surface area contributed by atoms with Crippen LogP contribution in [0.1, 0.15) is 34.6 Å². The lowest BCUT2D eigenvalue weighted by atomic mass is 9.94. The molecule has 0 aliphatic rings. The fraction of sp³-hybridized carbons (Fsp3) is 0.600. The molecular weight excluding hydrogens is 166 g/mol. The van der Waals surface area contributed by atoms with Crippen molar-refractivity contribution in [3.05, 3.63) is 23.3 Å². The van der Waals surface area contributed by atoms with E-state index in [1.807, 2.05) is 13.8 Å². The summed E-state index contributed by atoms with van der Waals surface area (Å²) in [6.07, 6.45) is 0. The summed E-state index contributed by atoms with van der Waals surface area (Å²) in [7, 11) is 0. The molecule has 0 aromatic rings. The summed E-state index contributed by atoms with van der Waals surface area (Å²) in [6, 6.07) is 0. The van der Waals surface area contributed by atoms with Gasteiger partial charge in [0.15, 0.2) is 0 Å². The van der Waals surface area contributed by atoms with Crippen LogP contribution >= 0.6 is 12.6 Å². The lowest BCUT2D eigenvalue weighted by molar-refractivity contribution is 0.499. The van der Waals surface area contributed by atoms with Gasteiger partial charge in [-0.05, 0) is 19.3 Å². The van der Waals surface area contributed by atoms with Gasteiger partial charge in [0.2, 0.25) is 0 Å². The Balaban J connectivity index is 0. The fourth-order valence-corrected chi connectivity index (χ4v) is 0.581. The summed E-state index contributed by atoms with van der Waals surface area (Å²) in [5, 5.41) is 1.64. The Kier molecular flexibility index (Phi) is 7.30. The number of rotatable bonds is 0. The molecule has 0 aliphatic heterocycles. The number of hydrogen-bond acceptors (Lipinski definition) is 2. The normalized spacial score (nSPS) is 11.7. The predicted octanol–water partition coefficient (Wildman–Crippen LogP) is 3.34. The van der Waals surface area contributed by atoms with Crippen LogP contribution in [0.15, 0.2) is 23.3 Å². The van der Waals surface area contributed by atoms with Gasteiger partial charge in [-0.2, -0.15) is 0 Å². The highest BCUT2D eigenvalue weighted by atomic mass is 32.1. The van der Waals surface area contributed by atoms with E-state index in [1.165, 1.54) is 5.57 Å². The second kappa shape index (κ2) is 6.18. The molecule has 0 saturated carbocycles. The second-order valence-electron chi connectivity index (χ2n) is 4.04. The first kappa shape index (κ1) is 14.2. The minimum atomic E-state index is 0.0712. The Labute approximate surface area is 82.1 Å². The van der Waals surface area contributed by atoms with E-state index in [0.29, 0.717) is 0 Å². The van der Waals surface area contributed by atoms with Crippen molar-refractivity contribution in [2.75, 3.05) is 0 Å². The highest BCUT2D eigenvalue weighted by Gasteiger charge is 2.11. The quantitative estimate of drug-likeness (QED) is 0.441. The Morgan fingerprint density at radius 3 is 1.58 bits per heavy atom. The van der Waals surface area contributed by atoms with E-state index in [1.54, 1.807) is 5.41 Å². The van der Waals surface area contributed by atoms with Gasteiger partial charge in [-0.15, -0.1) is 19.2 Å². The monoisotopic (exact) mass is 187 g/mol. The fourth-order valence-electron chi connectivity index (χ4n) is 0.194. The predicted molar refractivity (Wildman–Crippen MR) is 61.2 cm³/mol. The summed E-state index contributed by atoms with van der Waals surface area (Å²) < 4.78 is 0. The van der Waals surface area contributed by atoms with Crippen molar-refractivity contribution in [1.29, 1.82) is 0 Å². The molecule has 72 valence electrons. The lowest BCUT2D eigenvalue weighted by Crippen LogP contribution is -2.15. The highest BCUT2D eigenvalue weighted by Crippen LogP contribution is 2.20. The number of nitrogens with two attached hydrogens (primary N) is 1. The first-order chi connectivity index (χ1) is 5.21. The first-order valence-corrected chi connectivity index (χ1v) is 4.46. The van der Waals surface area contributed by atoms with Crippen LogP contribution in [-0.4, -0.2) is 0 Å². The van der Waals surface area contributed by atoms with Crippen molar-refractivity contribution in [2.45, 2.75) is 34.6 Å². The van der Waals surface area contributed by atoms with Gasteiger partial charge in [0.1, 0.15) is 0 Å². The van der Waals surface area contributed by atoms with Crippen LogP contribution in [0, 0.1) is 5.41 Å². The Morgan fingerprint density at radius 1 is 1.33 bits per heavy atom. The van der Waals surface area contributed by atoms with Gasteiger partial charge >= 0.3 is 0 Å². The molecule has 0 bridgehead atoms. The van der Waals surface area contributed by atoms with E-state index >= 15 is 0 Å². The smallest absolute Gasteiger partial charge is 0.0196 e. The van der Waals surface area contributed by atoms with Crippen LogP contribution in [0.5, 0.6) is 0 Å². The van der Waals surface area contributed by atoms with E-state index in [-0.39, 0.29) is 5.41 Å². The lowest BCUT2D eigenvalue weighted by Gasteiger charge is -2.17. The van der Waals surface area contributed by atoms with Crippen LogP contribution in [-0.2, 0) is 0 Å². The summed E-state index contributed by atoms with van der Waals surface area (Å²) in [5.41, 5.74) is 7.59. The third-order valence-electron chi connectivity index (χ3n) is 1.01. The van der Waals surface area contributed by atoms with Gasteiger partial charge in [-0.3, -0.25) is 0 Å². The number of allylic oxidation sites excluding steroid dienone is 2. The Morgan fingerprint density at radius 2 is 1.58 bits per heavy atom. The first-order valence-electron chi connectivity index (χ1n) is 3.94. The largest absolute Gasteiger partial charge is 0.401 e. The highest BCUT2D eigenvalue weighted by molar-refractivity contribution is 7.83. The maximum absolute atomic E-state index is 5.53. The molecule has 0 fully saturated rings. The second-order valence-corrected chi connectivity index (χ2v) is 4.30. The molecule has 0 aromatic carbocycles. The molecule has 0 radical (unpaired) electrons. The topological polar surface area (TPSA) is 26.0 Å². The molecule has 2 N–H and O–H groups in total. The van der Waals surface area contributed by atoms with Crippen LogP contribution < -0.4 is 5.73 Å². The summed E-state index contributed by atoms with van der Waals surface area (Å²) >= 11 is 3.92.